The van der Waals surface area contributed by atoms with Crippen molar-refractivity contribution in [2.24, 2.45) is 0 Å². The van der Waals surface area contributed by atoms with Crippen molar-refractivity contribution < 1.29 is 4.39 Å². The van der Waals surface area contributed by atoms with E-state index < -0.39 is 0 Å². The molecule has 0 radical (unpaired) electrons. The van der Waals surface area contributed by atoms with Crippen molar-refractivity contribution in [3.8, 4) is 0 Å². The van der Waals surface area contributed by atoms with Gasteiger partial charge in [0.25, 0.3) is 0 Å². The standard InChI is InChI=1S/C17H20FN7/c1-12-19-16(24-9-7-23(2)8-10-24)15-17(20-12)25(22-21-15)11-13-5-3-4-6-14(13)18/h3-6H,7-11H2,1-2H3. The zero-order valence-electron chi connectivity index (χ0n) is 14.4. The van der Waals surface area contributed by atoms with E-state index in [4.69, 9.17) is 0 Å². The maximum Gasteiger partial charge on any atom is 0.184 e. The lowest BCUT2D eigenvalue weighted by atomic mass is 10.2. The van der Waals surface area contributed by atoms with Crippen molar-refractivity contribution in [3.63, 3.8) is 0 Å². The van der Waals surface area contributed by atoms with Gasteiger partial charge in [0.1, 0.15) is 11.6 Å². The highest BCUT2D eigenvalue weighted by Gasteiger charge is 2.22. The van der Waals surface area contributed by atoms with Gasteiger partial charge in [-0.1, -0.05) is 23.4 Å². The van der Waals surface area contributed by atoms with Gasteiger partial charge in [0, 0.05) is 31.7 Å². The summed E-state index contributed by atoms with van der Waals surface area (Å²) in [5.74, 6) is 1.23. The van der Waals surface area contributed by atoms with Crippen LogP contribution in [0.5, 0.6) is 0 Å². The van der Waals surface area contributed by atoms with Crippen LogP contribution in [0.25, 0.3) is 11.2 Å². The van der Waals surface area contributed by atoms with Crippen LogP contribution >= 0.6 is 0 Å². The summed E-state index contributed by atoms with van der Waals surface area (Å²) in [7, 11) is 2.11. The molecule has 1 aliphatic rings. The first-order valence-corrected chi connectivity index (χ1v) is 8.36. The van der Waals surface area contributed by atoms with Gasteiger partial charge in [-0.25, -0.2) is 19.0 Å². The molecule has 0 atom stereocenters. The molecule has 0 amide bonds. The highest BCUT2D eigenvalue weighted by atomic mass is 19.1. The molecular weight excluding hydrogens is 321 g/mol. The van der Waals surface area contributed by atoms with Crippen LogP contribution in [0.3, 0.4) is 0 Å². The lowest BCUT2D eigenvalue weighted by molar-refractivity contribution is 0.312. The van der Waals surface area contributed by atoms with E-state index in [-0.39, 0.29) is 5.82 Å². The van der Waals surface area contributed by atoms with E-state index in [1.165, 1.54) is 6.07 Å². The number of nitrogens with zero attached hydrogens (tertiary/aromatic N) is 7. The molecule has 2 aromatic heterocycles. The summed E-state index contributed by atoms with van der Waals surface area (Å²) in [6, 6.07) is 6.69. The monoisotopic (exact) mass is 341 g/mol. The van der Waals surface area contributed by atoms with Crippen molar-refractivity contribution in [1.82, 2.24) is 29.9 Å². The number of likely N-dealkylation sites (N-methyl/N-ethyl adjacent to an activating group) is 1. The third-order valence-corrected chi connectivity index (χ3v) is 4.54. The molecule has 1 aliphatic heterocycles. The molecule has 7 nitrogen and oxygen atoms in total. The largest absolute Gasteiger partial charge is 0.352 e. The number of hydrogen-bond acceptors (Lipinski definition) is 6. The molecule has 0 N–H and O–H groups in total. The number of fused-ring (bicyclic) bond motifs is 1. The van der Waals surface area contributed by atoms with E-state index in [9.17, 15) is 4.39 Å². The minimum Gasteiger partial charge on any atom is -0.352 e. The molecule has 130 valence electrons. The molecule has 1 fully saturated rings. The SMILES string of the molecule is Cc1nc(N2CCN(C)CC2)c2nnn(Cc3ccccc3F)c2n1. The predicted octanol–water partition coefficient (Wildman–Crippen LogP) is 1.47. The van der Waals surface area contributed by atoms with Crippen LogP contribution in [0, 0.1) is 12.7 Å². The summed E-state index contributed by atoms with van der Waals surface area (Å²) in [5, 5.41) is 8.49. The quantitative estimate of drug-likeness (QED) is 0.719. The Morgan fingerprint density at radius 3 is 2.60 bits per heavy atom. The van der Waals surface area contributed by atoms with Crippen LogP contribution in [-0.2, 0) is 6.54 Å². The molecule has 3 heterocycles. The molecule has 0 saturated carbocycles. The molecule has 3 aromatic rings. The van der Waals surface area contributed by atoms with E-state index in [0.717, 1.165) is 32.0 Å². The maximum absolute atomic E-state index is 14.0. The smallest absolute Gasteiger partial charge is 0.184 e. The number of anilines is 1. The second-order valence-electron chi connectivity index (χ2n) is 6.40. The predicted molar refractivity (Wildman–Crippen MR) is 93.1 cm³/mol. The van der Waals surface area contributed by atoms with Crippen molar-refractivity contribution in [2.45, 2.75) is 13.5 Å². The molecule has 0 spiro atoms. The minimum atomic E-state index is -0.254. The zero-order valence-corrected chi connectivity index (χ0v) is 14.4. The number of rotatable bonds is 3. The fourth-order valence-corrected chi connectivity index (χ4v) is 3.08. The summed E-state index contributed by atoms with van der Waals surface area (Å²) < 4.78 is 15.6. The molecule has 25 heavy (non-hydrogen) atoms. The van der Waals surface area contributed by atoms with Crippen molar-refractivity contribution in [2.75, 3.05) is 38.1 Å². The van der Waals surface area contributed by atoms with Crippen LogP contribution in [-0.4, -0.2) is 63.1 Å². The molecule has 1 aromatic carbocycles. The van der Waals surface area contributed by atoms with Gasteiger partial charge < -0.3 is 9.80 Å². The van der Waals surface area contributed by atoms with Gasteiger partial charge >= 0.3 is 0 Å². The number of hydrogen-bond donors (Lipinski definition) is 0. The Labute approximate surface area is 145 Å². The third kappa shape index (κ3) is 3.05. The third-order valence-electron chi connectivity index (χ3n) is 4.54. The molecule has 0 aliphatic carbocycles. The van der Waals surface area contributed by atoms with E-state index in [2.05, 4.69) is 37.1 Å². The van der Waals surface area contributed by atoms with Gasteiger partial charge in [0.2, 0.25) is 0 Å². The fourth-order valence-electron chi connectivity index (χ4n) is 3.08. The van der Waals surface area contributed by atoms with Crippen LogP contribution in [0.1, 0.15) is 11.4 Å². The van der Waals surface area contributed by atoms with Crippen LogP contribution in [0.4, 0.5) is 10.2 Å². The summed E-state index contributed by atoms with van der Waals surface area (Å²) >= 11 is 0. The molecule has 4 rings (SSSR count). The Kier molecular flexibility index (Phi) is 4.04. The number of aryl methyl sites for hydroxylation is 1. The zero-order chi connectivity index (χ0) is 17.4. The topological polar surface area (TPSA) is 63.0 Å². The van der Waals surface area contributed by atoms with E-state index in [1.807, 2.05) is 13.0 Å². The number of aromatic nitrogens is 5. The Bertz CT molecular complexity index is 899. The Morgan fingerprint density at radius 2 is 1.84 bits per heavy atom. The normalized spacial score (nSPS) is 15.9. The van der Waals surface area contributed by atoms with Crippen molar-refractivity contribution >= 4 is 17.0 Å². The molecule has 1 saturated heterocycles. The highest BCUT2D eigenvalue weighted by Crippen LogP contribution is 2.23. The lowest BCUT2D eigenvalue weighted by Crippen LogP contribution is -2.45. The summed E-state index contributed by atoms with van der Waals surface area (Å²) in [4.78, 5) is 13.6. The summed E-state index contributed by atoms with van der Waals surface area (Å²) in [6.45, 7) is 5.90. The van der Waals surface area contributed by atoms with E-state index in [0.29, 0.717) is 29.1 Å². The fraction of sp³-hybridized carbons (Fsp3) is 0.412. The van der Waals surface area contributed by atoms with Crippen LogP contribution in [0.2, 0.25) is 0 Å². The van der Waals surface area contributed by atoms with Crippen molar-refractivity contribution in [1.29, 1.82) is 0 Å². The second kappa shape index (κ2) is 6.36. The van der Waals surface area contributed by atoms with Crippen molar-refractivity contribution in [3.05, 3.63) is 41.5 Å². The Morgan fingerprint density at radius 1 is 1.08 bits per heavy atom. The number of benzene rings is 1. The van der Waals surface area contributed by atoms with Gasteiger partial charge in [0.05, 0.1) is 6.54 Å². The number of piperazine rings is 1. The summed E-state index contributed by atoms with van der Waals surface area (Å²) in [5.41, 5.74) is 1.88. The average Bonchev–Trinajstić information content (AvgIpc) is 3.00. The Hall–Kier alpha value is -2.61. The highest BCUT2D eigenvalue weighted by molar-refractivity contribution is 5.83. The molecule has 0 unspecified atom stereocenters. The van der Waals surface area contributed by atoms with Gasteiger partial charge in [-0.05, 0) is 20.0 Å². The van der Waals surface area contributed by atoms with Crippen LogP contribution in [0.15, 0.2) is 24.3 Å². The Balaban J connectivity index is 1.73. The first kappa shape index (κ1) is 15.9. The van der Waals surface area contributed by atoms with Gasteiger partial charge in [-0.3, -0.25) is 0 Å². The van der Waals surface area contributed by atoms with Gasteiger partial charge in [-0.2, -0.15) is 0 Å². The van der Waals surface area contributed by atoms with E-state index >= 15 is 0 Å². The summed E-state index contributed by atoms with van der Waals surface area (Å²) in [6.07, 6.45) is 0. The first-order chi connectivity index (χ1) is 12.1. The van der Waals surface area contributed by atoms with Gasteiger partial charge in [-0.15, -0.1) is 5.10 Å². The maximum atomic E-state index is 14.0. The molecule has 8 heteroatoms. The molecular formula is C17H20FN7. The average molecular weight is 341 g/mol. The second-order valence-corrected chi connectivity index (χ2v) is 6.40. The molecule has 0 bridgehead atoms. The van der Waals surface area contributed by atoms with E-state index in [1.54, 1.807) is 16.8 Å². The lowest BCUT2D eigenvalue weighted by Gasteiger charge is -2.33. The van der Waals surface area contributed by atoms with Crippen LogP contribution < -0.4 is 4.90 Å². The first-order valence-electron chi connectivity index (χ1n) is 8.36. The minimum absolute atomic E-state index is 0.254. The van der Waals surface area contributed by atoms with Gasteiger partial charge in [0.15, 0.2) is 17.0 Å². The number of halogens is 1.